The van der Waals surface area contributed by atoms with Gasteiger partial charge in [0.2, 0.25) is 0 Å². The van der Waals surface area contributed by atoms with E-state index in [-0.39, 0.29) is 0 Å². The van der Waals surface area contributed by atoms with Gasteiger partial charge in [-0.15, -0.1) is 0 Å². The zero-order valence-corrected chi connectivity index (χ0v) is 3.99. The third-order valence-corrected chi connectivity index (χ3v) is 0.472. The molecule has 7 heavy (non-hydrogen) atoms. The van der Waals surface area contributed by atoms with Gasteiger partial charge in [0.1, 0.15) is 0 Å². The van der Waals surface area contributed by atoms with Crippen molar-refractivity contribution in [3.63, 3.8) is 0 Å². The first kappa shape index (κ1) is 5.94. The Morgan fingerprint density at radius 1 is 1.86 bits per heavy atom. The molecule has 0 spiro atoms. The maximum absolute atomic E-state index is 10.1. The first-order valence-corrected chi connectivity index (χ1v) is 1.74. The first-order chi connectivity index (χ1) is 3.18. The van der Waals surface area contributed by atoms with Crippen LogP contribution >= 0.6 is 0 Å². The number of hydrogen-bond donors (Lipinski definition) is 3. The number of carbonyl (C=O) groups excluding carboxylic acids is 1. The Labute approximate surface area is 41.2 Å². The predicted octanol–water partition coefficient (Wildman–Crippen LogP) is -1.33. The van der Waals surface area contributed by atoms with Crippen molar-refractivity contribution in [3.05, 3.63) is 0 Å². The van der Waals surface area contributed by atoms with Crippen LogP contribution in [0, 0.1) is 5.41 Å². The molecule has 0 aliphatic heterocycles. The summed E-state index contributed by atoms with van der Waals surface area (Å²) in [5.41, 5.74) is 4.72. The fraction of sp³-hybridized carbons (Fsp3) is 0.333. The second-order valence-electron chi connectivity index (χ2n) is 0.993. The van der Waals surface area contributed by atoms with Crippen LogP contribution in [0.2, 0.25) is 0 Å². The highest BCUT2D eigenvalue weighted by Gasteiger charge is 1.96. The van der Waals surface area contributed by atoms with E-state index < -0.39 is 11.7 Å². The normalized spacial score (nSPS) is 7.57. The fourth-order valence-electron chi connectivity index (χ4n) is 0.135. The number of amides is 1. The average molecular weight is 101 g/mol. The van der Waals surface area contributed by atoms with Gasteiger partial charge in [0.15, 0.2) is 5.84 Å². The van der Waals surface area contributed by atoms with Crippen molar-refractivity contribution in [2.75, 3.05) is 7.05 Å². The van der Waals surface area contributed by atoms with Gasteiger partial charge in [-0.3, -0.25) is 10.2 Å². The van der Waals surface area contributed by atoms with Crippen molar-refractivity contribution in [1.29, 1.82) is 5.41 Å². The van der Waals surface area contributed by atoms with Gasteiger partial charge >= 0.3 is 0 Å². The minimum absolute atomic E-state index is 0.456. The lowest BCUT2D eigenvalue weighted by atomic mass is 10.6. The van der Waals surface area contributed by atoms with Gasteiger partial charge in [-0.05, 0) is 0 Å². The van der Waals surface area contributed by atoms with E-state index in [9.17, 15) is 4.79 Å². The molecule has 4 nitrogen and oxygen atoms in total. The Bertz CT molecular complexity index is 98.4. The molecule has 0 fully saturated rings. The molecule has 0 radical (unpaired) electrons. The number of likely N-dealkylation sites (N-methyl/N-ethyl adjacent to an activating group) is 1. The van der Waals surface area contributed by atoms with Crippen LogP contribution < -0.4 is 11.1 Å². The van der Waals surface area contributed by atoms with Gasteiger partial charge in [0, 0.05) is 7.05 Å². The molecule has 0 rings (SSSR count). The third kappa shape index (κ3) is 1.75. The monoisotopic (exact) mass is 101 g/mol. The third-order valence-electron chi connectivity index (χ3n) is 0.472. The highest BCUT2D eigenvalue weighted by atomic mass is 16.2. The molecule has 40 valence electrons. The van der Waals surface area contributed by atoms with Crippen molar-refractivity contribution in [2.45, 2.75) is 0 Å². The van der Waals surface area contributed by atoms with Gasteiger partial charge in [-0.1, -0.05) is 0 Å². The minimum atomic E-state index is -0.542. The summed E-state index contributed by atoms with van der Waals surface area (Å²) in [7, 11) is 1.42. The number of nitrogens with two attached hydrogens (primary N) is 1. The van der Waals surface area contributed by atoms with E-state index in [2.05, 4.69) is 5.32 Å². The molecular formula is C3H7N3O. The Morgan fingerprint density at radius 3 is 2.29 bits per heavy atom. The maximum atomic E-state index is 10.1. The molecule has 4 heteroatoms. The number of rotatable bonds is 0. The number of hydrogen-bond acceptors (Lipinski definition) is 2. The summed E-state index contributed by atoms with van der Waals surface area (Å²) in [4.78, 5) is 10.1. The summed E-state index contributed by atoms with van der Waals surface area (Å²) in [6.45, 7) is 0. The van der Waals surface area contributed by atoms with Gasteiger partial charge < -0.3 is 11.1 Å². The van der Waals surface area contributed by atoms with Crippen molar-refractivity contribution >= 4 is 11.7 Å². The number of carbonyl (C=O) groups is 1. The molecule has 0 unspecified atom stereocenters. The van der Waals surface area contributed by atoms with Crippen LogP contribution in [0.5, 0.6) is 0 Å². The van der Waals surface area contributed by atoms with Crippen molar-refractivity contribution in [3.8, 4) is 0 Å². The number of nitrogens with one attached hydrogen (secondary N) is 2. The van der Waals surface area contributed by atoms with Crippen molar-refractivity contribution < 1.29 is 4.79 Å². The Kier molecular flexibility index (Phi) is 1.84. The molecule has 0 aliphatic rings. The maximum Gasteiger partial charge on any atom is 0.285 e. The van der Waals surface area contributed by atoms with E-state index in [1.165, 1.54) is 7.05 Å². The highest BCUT2D eigenvalue weighted by Crippen LogP contribution is 1.54. The second kappa shape index (κ2) is 2.17. The minimum Gasteiger partial charge on any atom is -0.380 e. The zero-order chi connectivity index (χ0) is 5.86. The largest absolute Gasteiger partial charge is 0.380 e. The molecule has 0 aliphatic carbocycles. The molecule has 0 aromatic rings. The Balaban J connectivity index is 3.58. The molecule has 1 amide bonds. The molecule has 4 N–H and O–H groups in total. The smallest absolute Gasteiger partial charge is 0.285 e. The van der Waals surface area contributed by atoms with Crippen LogP contribution in [0.1, 0.15) is 0 Å². The van der Waals surface area contributed by atoms with Gasteiger partial charge in [-0.2, -0.15) is 0 Å². The molecular weight excluding hydrogens is 94.1 g/mol. The highest BCUT2D eigenvalue weighted by molar-refractivity contribution is 6.35. The van der Waals surface area contributed by atoms with E-state index in [0.717, 1.165) is 0 Å². The van der Waals surface area contributed by atoms with Crippen molar-refractivity contribution in [1.82, 2.24) is 5.32 Å². The van der Waals surface area contributed by atoms with Crippen LogP contribution in [0.25, 0.3) is 0 Å². The summed E-state index contributed by atoms with van der Waals surface area (Å²) in [6.07, 6.45) is 0. The molecule has 0 heterocycles. The van der Waals surface area contributed by atoms with Gasteiger partial charge in [-0.25, -0.2) is 0 Å². The predicted molar refractivity (Wildman–Crippen MR) is 26.0 cm³/mol. The van der Waals surface area contributed by atoms with Crippen molar-refractivity contribution in [2.24, 2.45) is 5.73 Å². The standard InChI is InChI=1S/C3H7N3O/c1-6-3(7)2(4)5/h1H3,(H3,4,5)(H,6,7). The first-order valence-electron chi connectivity index (χ1n) is 1.74. The molecule has 0 atom stereocenters. The lowest BCUT2D eigenvalue weighted by molar-refractivity contribution is -0.114. The van der Waals surface area contributed by atoms with E-state index in [4.69, 9.17) is 11.1 Å². The van der Waals surface area contributed by atoms with E-state index in [1.807, 2.05) is 0 Å². The van der Waals surface area contributed by atoms with E-state index >= 15 is 0 Å². The quantitative estimate of drug-likeness (QED) is 0.261. The Morgan fingerprint density at radius 2 is 2.29 bits per heavy atom. The second-order valence-corrected chi connectivity index (χ2v) is 0.993. The number of amidine groups is 1. The summed E-state index contributed by atoms with van der Waals surface area (Å²) >= 11 is 0. The van der Waals surface area contributed by atoms with Crippen LogP contribution in [0.3, 0.4) is 0 Å². The topological polar surface area (TPSA) is 79.0 Å². The fourth-order valence-corrected chi connectivity index (χ4v) is 0.135. The zero-order valence-electron chi connectivity index (χ0n) is 3.99. The molecule has 0 aromatic heterocycles. The van der Waals surface area contributed by atoms with Crippen LogP contribution in [0.4, 0.5) is 0 Å². The van der Waals surface area contributed by atoms with Gasteiger partial charge in [0.05, 0.1) is 0 Å². The van der Waals surface area contributed by atoms with E-state index in [1.54, 1.807) is 0 Å². The van der Waals surface area contributed by atoms with Crippen LogP contribution in [-0.4, -0.2) is 18.8 Å². The summed E-state index contributed by atoms with van der Waals surface area (Å²) in [6, 6.07) is 0. The van der Waals surface area contributed by atoms with Crippen LogP contribution in [0.15, 0.2) is 0 Å². The van der Waals surface area contributed by atoms with Crippen LogP contribution in [-0.2, 0) is 4.79 Å². The molecule has 0 aromatic carbocycles. The van der Waals surface area contributed by atoms with Gasteiger partial charge in [0.25, 0.3) is 5.91 Å². The SMILES string of the molecule is CNC(=O)C(=N)N. The Hall–Kier alpha value is -1.06. The summed E-state index contributed by atoms with van der Waals surface area (Å²) in [5.74, 6) is -0.998. The van der Waals surface area contributed by atoms with E-state index in [0.29, 0.717) is 0 Å². The average Bonchev–Trinajstić information content (AvgIpc) is 1.65. The lowest BCUT2D eigenvalue weighted by Crippen LogP contribution is -2.32. The molecule has 0 bridgehead atoms. The molecule has 0 saturated heterocycles. The molecule has 0 saturated carbocycles. The summed E-state index contributed by atoms with van der Waals surface area (Å²) in [5, 5.41) is 8.64. The lowest BCUT2D eigenvalue weighted by Gasteiger charge is -1.90. The summed E-state index contributed by atoms with van der Waals surface area (Å²) < 4.78 is 0.